The Morgan fingerprint density at radius 1 is 1.17 bits per heavy atom. The van der Waals surface area contributed by atoms with E-state index in [9.17, 15) is 10.0 Å². The Hall–Kier alpha value is -2.81. The van der Waals surface area contributed by atoms with Gasteiger partial charge in [0, 0.05) is 30.2 Å². The summed E-state index contributed by atoms with van der Waals surface area (Å²) >= 11 is 6.52. The second kappa shape index (κ2) is 11.7. The predicted molar refractivity (Wildman–Crippen MR) is 135 cm³/mol. The number of carbonyl (C=O) groups is 1. The molecule has 35 heavy (non-hydrogen) atoms. The van der Waals surface area contributed by atoms with E-state index in [2.05, 4.69) is 19.9 Å². The first kappa shape index (κ1) is 25.3. The van der Waals surface area contributed by atoms with Crippen molar-refractivity contribution < 1.29 is 14.7 Å². The van der Waals surface area contributed by atoms with Crippen LogP contribution in [0.4, 0.5) is 0 Å². The average Bonchev–Trinajstić information content (AvgIpc) is 2.90. The zero-order chi connectivity index (χ0) is 24.7. The van der Waals surface area contributed by atoms with Gasteiger partial charge in [0.1, 0.15) is 5.75 Å². The maximum Gasteiger partial charge on any atom is 0.249 e. The van der Waals surface area contributed by atoms with Crippen molar-refractivity contribution in [1.82, 2.24) is 25.3 Å². The summed E-state index contributed by atoms with van der Waals surface area (Å²) in [6.07, 6.45) is 12.4. The summed E-state index contributed by atoms with van der Waals surface area (Å²) < 4.78 is 5.38. The standard InChI is InChI=1S/C26H32ClN5O3/c1-35-20-6-7-24-22(16-20)21(23(27)18-30-24)5-2-8-26(25(33)31-34)9-14-32(15-10-26)13-3-4-19-17-28-11-12-29-19/h6-7,11-12,16-18,34H,2-5,8-10,13-15H2,1H3,(H,31,33). The molecule has 3 heterocycles. The van der Waals surface area contributed by atoms with Gasteiger partial charge in [-0.15, -0.1) is 0 Å². The zero-order valence-electron chi connectivity index (χ0n) is 20.0. The number of methoxy groups -OCH3 is 1. The first-order chi connectivity index (χ1) is 17.0. The minimum absolute atomic E-state index is 0.288. The van der Waals surface area contributed by atoms with E-state index in [-0.39, 0.29) is 5.91 Å². The fraction of sp³-hybridized carbons (Fsp3) is 0.462. The number of ether oxygens (including phenoxy) is 1. The minimum Gasteiger partial charge on any atom is -0.497 e. The van der Waals surface area contributed by atoms with E-state index >= 15 is 0 Å². The molecule has 1 aliphatic rings. The SMILES string of the molecule is COc1ccc2ncc(Cl)c(CCCC3(C(=O)NO)CCN(CCCc4cnccn4)CC3)c2c1. The number of hydroxylamine groups is 1. The zero-order valence-corrected chi connectivity index (χ0v) is 20.8. The number of hydrogen-bond donors (Lipinski definition) is 2. The van der Waals surface area contributed by atoms with Gasteiger partial charge in [-0.3, -0.25) is 25.0 Å². The van der Waals surface area contributed by atoms with Crippen LogP contribution >= 0.6 is 11.6 Å². The molecule has 1 saturated heterocycles. The maximum atomic E-state index is 12.8. The first-order valence-electron chi connectivity index (χ1n) is 12.1. The summed E-state index contributed by atoms with van der Waals surface area (Å²) in [5.41, 5.74) is 4.23. The molecule has 0 aliphatic carbocycles. The van der Waals surface area contributed by atoms with Crippen LogP contribution < -0.4 is 10.2 Å². The van der Waals surface area contributed by atoms with E-state index < -0.39 is 5.41 Å². The van der Waals surface area contributed by atoms with Crippen molar-refractivity contribution in [3.8, 4) is 5.75 Å². The van der Waals surface area contributed by atoms with Crippen molar-refractivity contribution in [2.24, 2.45) is 5.41 Å². The first-order valence-corrected chi connectivity index (χ1v) is 12.5. The van der Waals surface area contributed by atoms with Crippen LogP contribution in [0.15, 0.2) is 43.0 Å². The lowest BCUT2D eigenvalue weighted by atomic mass is 9.73. The molecule has 8 nitrogen and oxygen atoms in total. The molecule has 1 fully saturated rings. The number of rotatable bonds is 10. The molecular formula is C26H32ClN5O3. The Kier molecular flexibility index (Phi) is 8.49. The van der Waals surface area contributed by atoms with Crippen LogP contribution in [-0.4, -0.2) is 57.7 Å². The fourth-order valence-electron chi connectivity index (χ4n) is 5.04. The number of likely N-dealkylation sites (tertiary alicyclic amines) is 1. The number of hydrogen-bond acceptors (Lipinski definition) is 7. The van der Waals surface area contributed by atoms with Crippen molar-refractivity contribution in [1.29, 1.82) is 0 Å². The largest absolute Gasteiger partial charge is 0.497 e. The number of pyridine rings is 1. The summed E-state index contributed by atoms with van der Waals surface area (Å²) in [7, 11) is 1.64. The van der Waals surface area contributed by atoms with Gasteiger partial charge >= 0.3 is 0 Å². The van der Waals surface area contributed by atoms with Gasteiger partial charge in [0.2, 0.25) is 5.91 Å². The van der Waals surface area contributed by atoms with Crippen molar-refractivity contribution in [2.75, 3.05) is 26.7 Å². The van der Waals surface area contributed by atoms with E-state index in [4.69, 9.17) is 16.3 Å². The van der Waals surface area contributed by atoms with Crippen molar-refractivity contribution in [2.45, 2.75) is 44.9 Å². The Balaban J connectivity index is 1.36. The summed E-state index contributed by atoms with van der Waals surface area (Å²) in [6, 6.07) is 5.77. The average molecular weight is 498 g/mol. The number of amides is 1. The fourth-order valence-corrected chi connectivity index (χ4v) is 5.29. The number of aryl methyl sites for hydroxylation is 2. The van der Waals surface area contributed by atoms with E-state index in [1.807, 2.05) is 23.7 Å². The molecule has 9 heteroatoms. The molecule has 2 N–H and O–H groups in total. The van der Waals surface area contributed by atoms with Crippen LogP contribution in [0, 0.1) is 5.41 Å². The topological polar surface area (TPSA) is 100 Å². The van der Waals surface area contributed by atoms with E-state index in [0.29, 0.717) is 30.7 Å². The highest BCUT2D eigenvalue weighted by atomic mass is 35.5. The van der Waals surface area contributed by atoms with Gasteiger partial charge in [0.25, 0.3) is 0 Å². The number of carbonyl (C=O) groups excluding carboxylic acids is 1. The van der Waals surface area contributed by atoms with Gasteiger partial charge in [0.05, 0.1) is 28.8 Å². The maximum absolute atomic E-state index is 12.8. The number of nitrogens with zero attached hydrogens (tertiary/aromatic N) is 4. The lowest BCUT2D eigenvalue weighted by Crippen LogP contribution is -2.48. The molecule has 1 aromatic carbocycles. The molecule has 0 saturated carbocycles. The lowest BCUT2D eigenvalue weighted by molar-refractivity contribution is -0.143. The van der Waals surface area contributed by atoms with Crippen molar-refractivity contribution >= 4 is 28.4 Å². The van der Waals surface area contributed by atoms with Crippen LogP contribution in [0.2, 0.25) is 5.02 Å². The number of nitrogens with one attached hydrogen (secondary N) is 1. The molecule has 0 atom stereocenters. The number of benzene rings is 1. The highest BCUT2D eigenvalue weighted by Gasteiger charge is 2.40. The summed E-state index contributed by atoms with van der Waals surface area (Å²) in [6.45, 7) is 2.60. The normalized spacial score (nSPS) is 15.7. The molecular weight excluding hydrogens is 466 g/mol. The molecule has 186 valence electrons. The van der Waals surface area contributed by atoms with Crippen molar-refractivity contribution in [3.05, 3.63) is 59.3 Å². The number of halogens is 1. The highest BCUT2D eigenvalue weighted by Crippen LogP contribution is 2.38. The molecule has 3 aromatic rings. The third-order valence-electron chi connectivity index (χ3n) is 7.14. The highest BCUT2D eigenvalue weighted by molar-refractivity contribution is 6.32. The number of fused-ring (bicyclic) bond motifs is 1. The number of aromatic nitrogens is 3. The Morgan fingerprint density at radius 2 is 2.00 bits per heavy atom. The van der Waals surface area contributed by atoms with Crippen LogP contribution in [0.1, 0.15) is 43.4 Å². The van der Waals surface area contributed by atoms with Crippen LogP contribution in [0.25, 0.3) is 10.9 Å². The summed E-state index contributed by atoms with van der Waals surface area (Å²) in [4.78, 5) is 28.0. The quantitative estimate of drug-likeness (QED) is 0.319. The van der Waals surface area contributed by atoms with Crippen LogP contribution in [0.5, 0.6) is 5.75 Å². The van der Waals surface area contributed by atoms with Gasteiger partial charge < -0.3 is 9.64 Å². The molecule has 0 radical (unpaired) electrons. The molecule has 1 amide bonds. The molecule has 1 aliphatic heterocycles. The van der Waals surface area contributed by atoms with E-state index in [1.165, 1.54) is 0 Å². The summed E-state index contributed by atoms with van der Waals surface area (Å²) in [5.74, 6) is 0.467. The molecule has 4 rings (SSSR count). The Bertz CT molecular complexity index is 1140. The monoisotopic (exact) mass is 497 g/mol. The van der Waals surface area contributed by atoms with Gasteiger partial charge in [-0.25, -0.2) is 5.48 Å². The molecule has 0 unspecified atom stereocenters. The molecule has 2 aromatic heterocycles. The predicted octanol–water partition coefficient (Wildman–Crippen LogP) is 4.23. The molecule has 0 spiro atoms. The van der Waals surface area contributed by atoms with E-state index in [0.717, 1.165) is 66.8 Å². The second-order valence-corrected chi connectivity index (χ2v) is 9.59. The smallest absolute Gasteiger partial charge is 0.249 e. The Morgan fingerprint density at radius 3 is 2.71 bits per heavy atom. The van der Waals surface area contributed by atoms with Gasteiger partial charge in [-0.2, -0.15) is 0 Å². The minimum atomic E-state index is -0.580. The Labute approximate surface area is 210 Å². The van der Waals surface area contributed by atoms with Gasteiger partial charge in [-0.05, 0) is 88.3 Å². The molecule has 0 bridgehead atoms. The van der Waals surface area contributed by atoms with Crippen LogP contribution in [0.3, 0.4) is 0 Å². The summed E-state index contributed by atoms with van der Waals surface area (Å²) in [5, 5.41) is 11.1. The van der Waals surface area contributed by atoms with Crippen LogP contribution in [-0.2, 0) is 17.6 Å². The second-order valence-electron chi connectivity index (χ2n) is 9.18. The van der Waals surface area contributed by atoms with Gasteiger partial charge in [0.15, 0.2) is 0 Å². The van der Waals surface area contributed by atoms with Gasteiger partial charge in [-0.1, -0.05) is 11.6 Å². The third-order valence-corrected chi connectivity index (χ3v) is 7.46. The number of piperidine rings is 1. The third kappa shape index (κ3) is 6.07. The van der Waals surface area contributed by atoms with Crippen molar-refractivity contribution in [3.63, 3.8) is 0 Å². The lowest BCUT2D eigenvalue weighted by Gasteiger charge is -2.40. The van der Waals surface area contributed by atoms with E-state index in [1.54, 1.807) is 31.9 Å².